The second-order valence-corrected chi connectivity index (χ2v) is 5.46. The highest BCUT2D eigenvalue weighted by atomic mass is 16.8. The molecule has 2 rings (SSSR count). The second kappa shape index (κ2) is 9.19. The third-order valence-electron chi connectivity index (χ3n) is 3.37. The third kappa shape index (κ3) is 6.00. The predicted octanol–water partition coefficient (Wildman–Crippen LogP) is 3.72. The first-order chi connectivity index (χ1) is 12.9. The number of carbonyl (C=O) groups is 3. The highest BCUT2D eigenvalue weighted by Crippen LogP contribution is 2.21. The maximum Gasteiger partial charge on any atom is 0.516 e. The van der Waals surface area contributed by atoms with E-state index < -0.39 is 24.9 Å². The molecule has 7 nitrogen and oxygen atoms in total. The van der Waals surface area contributed by atoms with Crippen molar-refractivity contribution in [3.63, 3.8) is 0 Å². The Morgan fingerprint density at radius 2 is 1.67 bits per heavy atom. The van der Waals surface area contributed by atoms with E-state index in [4.69, 9.17) is 9.47 Å². The van der Waals surface area contributed by atoms with Gasteiger partial charge in [0, 0.05) is 6.08 Å². The van der Waals surface area contributed by atoms with E-state index in [0.29, 0.717) is 5.75 Å². The molecule has 0 aromatic heterocycles. The fourth-order valence-electron chi connectivity index (χ4n) is 2.05. The Morgan fingerprint density at radius 3 is 2.30 bits per heavy atom. The largest absolute Gasteiger partial charge is 0.516 e. The van der Waals surface area contributed by atoms with Crippen LogP contribution in [-0.2, 0) is 14.3 Å². The van der Waals surface area contributed by atoms with Gasteiger partial charge in [-0.05, 0) is 49.7 Å². The van der Waals surface area contributed by atoms with Crippen LogP contribution in [0.15, 0.2) is 55.1 Å². The molecule has 0 amide bonds. The molecule has 140 valence electrons. The molecular formula is C20H18O7. The molecule has 0 aliphatic heterocycles. The molecule has 0 atom stereocenters. The van der Waals surface area contributed by atoms with Gasteiger partial charge in [-0.15, -0.1) is 0 Å². The van der Waals surface area contributed by atoms with E-state index >= 15 is 0 Å². The molecule has 0 saturated carbocycles. The van der Waals surface area contributed by atoms with E-state index in [9.17, 15) is 14.4 Å². The third-order valence-corrected chi connectivity index (χ3v) is 3.37. The van der Waals surface area contributed by atoms with Gasteiger partial charge in [-0.2, -0.15) is 0 Å². The lowest BCUT2D eigenvalue weighted by Gasteiger charge is -2.09. The van der Waals surface area contributed by atoms with Crippen LogP contribution in [0.1, 0.15) is 21.5 Å². The number of benzene rings is 2. The lowest BCUT2D eigenvalue weighted by Crippen LogP contribution is -2.15. The van der Waals surface area contributed by atoms with Gasteiger partial charge in [0.2, 0.25) is 6.79 Å². The molecule has 0 saturated heterocycles. The van der Waals surface area contributed by atoms with Crippen molar-refractivity contribution < 1.29 is 33.3 Å². The number of rotatable bonds is 6. The average molecular weight is 370 g/mol. The van der Waals surface area contributed by atoms with Crippen LogP contribution in [-0.4, -0.2) is 24.9 Å². The fourth-order valence-corrected chi connectivity index (χ4v) is 2.05. The number of hydrogen-bond donors (Lipinski definition) is 0. The Hall–Kier alpha value is -3.61. The summed E-state index contributed by atoms with van der Waals surface area (Å²) in [6.45, 7) is 6.41. The zero-order valence-electron chi connectivity index (χ0n) is 14.9. The van der Waals surface area contributed by atoms with Crippen LogP contribution in [0, 0.1) is 13.8 Å². The summed E-state index contributed by atoms with van der Waals surface area (Å²) in [7, 11) is 0. The van der Waals surface area contributed by atoms with Gasteiger partial charge in [0.1, 0.15) is 11.5 Å². The van der Waals surface area contributed by atoms with Gasteiger partial charge in [0.15, 0.2) is 0 Å². The number of esters is 2. The number of aryl methyl sites for hydroxylation is 2. The van der Waals surface area contributed by atoms with Crippen LogP contribution in [0.25, 0.3) is 0 Å². The van der Waals surface area contributed by atoms with Crippen LogP contribution in [0.5, 0.6) is 11.5 Å². The van der Waals surface area contributed by atoms with Crippen LogP contribution in [0.4, 0.5) is 4.79 Å². The lowest BCUT2D eigenvalue weighted by molar-refractivity contribution is -0.146. The predicted molar refractivity (Wildman–Crippen MR) is 95.6 cm³/mol. The Bertz CT molecular complexity index is 853. The number of carbonyl (C=O) groups excluding carboxylic acids is 3. The molecule has 7 heteroatoms. The smallest absolute Gasteiger partial charge is 0.425 e. The molecule has 0 aliphatic rings. The topological polar surface area (TPSA) is 88.1 Å². The molecule has 0 unspecified atom stereocenters. The van der Waals surface area contributed by atoms with Gasteiger partial charge in [-0.25, -0.2) is 14.4 Å². The summed E-state index contributed by atoms with van der Waals surface area (Å²) in [6.07, 6.45) is -0.123. The van der Waals surface area contributed by atoms with Crippen LogP contribution in [0.2, 0.25) is 0 Å². The van der Waals surface area contributed by atoms with E-state index in [-0.39, 0.29) is 11.3 Å². The van der Waals surface area contributed by atoms with Crippen molar-refractivity contribution in [1.82, 2.24) is 0 Å². The Balaban J connectivity index is 1.90. The van der Waals surface area contributed by atoms with E-state index in [1.54, 1.807) is 6.07 Å². The fraction of sp³-hybridized carbons (Fsp3) is 0.150. The van der Waals surface area contributed by atoms with Crippen LogP contribution in [0.3, 0.4) is 0 Å². The zero-order valence-corrected chi connectivity index (χ0v) is 14.9. The summed E-state index contributed by atoms with van der Waals surface area (Å²) >= 11 is 0. The van der Waals surface area contributed by atoms with E-state index in [1.807, 2.05) is 26.0 Å². The molecule has 0 N–H and O–H groups in total. The maximum absolute atomic E-state index is 12.2. The minimum Gasteiger partial charge on any atom is -0.425 e. The molecule has 0 radical (unpaired) electrons. The van der Waals surface area contributed by atoms with Crippen molar-refractivity contribution in [3.8, 4) is 11.5 Å². The summed E-state index contributed by atoms with van der Waals surface area (Å²) in [4.78, 5) is 34.5. The Labute approximate surface area is 156 Å². The van der Waals surface area contributed by atoms with Crippen LogP contribution >= 0.6 is 0 Å². The summed E-state index contributed by atoms with van der Waals surface area (Å²) in [5.74, 6) is -0.636. The van der Waals surface area contributed by atoms with E-state index in [2.05, 4.69) is 16.1 Å². The molecule has 2 aromatic carbocycles. The Morgan fingerprint density at radius 1 is 0.963 bits per heavy atom. The average Bonchev–Trinajstić information content (AvgIpc) is 2.64. The molecule has 0 aliphatic carbocycles. The summed E-state index contributed by atoms with van der Waals surface area (Å²) in [5, 5.41) is 0. The van der Waals surface area contributed by atoms with Gasteiger partial charge < -0.3 is 18.9 Å². The van der Waals surface area contributed by atoms with Crippen LogP contribution < -0.4 is 9.47 Å². The molecule has 27 heavy (non-hydrogen) atoms. The standard InChI is InChI=1S/C20H18O7/c1-4-18(21)24-12-25-20(23)26-16-8-6-15(7-9-16)19(22)27-17-10-5-13(2)11-14(17)3/h4-11H,1,12H2,2-3H3. The molecule has 0 fully saturated rings. The van der Waals surface area contributed by atoms with Crippen molar-refractivity contribution in [2.75, 3.05) is 6.79 Å². The van der Waals surface area contributed by atoms with Gasteiger partial charge in [-0.3, -0.25) is 0 Å². The molecular weight excluding hydrogens is 352 g/mol. The molecule has 0 bridgehead atoms. The number of hydrogen-bond acceptors (Lipinski definition) is 7. The first-order valence-electron chi connectivity index (χ1n) is 7.92. The molecule has 0 heterocycles. The summed E-state index contributed by atoms with van der Waals surface area (Å²) < 4.78 is 19.3. The minimum atomic E-state index is -1.06. The van der Waals surface area contributed by atoms with Gasteiger partial charge in [-0.1, -0.05) is 24.3 Å². The van der Waals surface area contributed by atoms with Gasteiger partial charge in [0.25, 0.3) is 0 Å². The quantitative estimate of drug-likeness (QED) is 0.252. The molecule has 0 spiro atoms. The van der Waals surface area contributed by atoms with Gasteiger partial charge >= 0.3 is 18.1 Å². The lowest BCUT2D eigenvalue weighted by atomic mass is 10.1. The SMILES string of the molecule is C=CC(=O)OCOC(=O)Oc1ccc(C(=O)Oc2ccc(C)cc2C)cc1. The van der Waals surface area contributed by atoms with E-state index in [1.165, 1.54) is 24.3 Å². The zero-order chi connectivity index (χ0) is 19.8. The summed E-state index contributed by atoms with van der Waals surface area (Å²) in [6, 6.07) is 11.2. The molecule has 2 aromatic rings. The first kappa shape index (κ1) is 19.7. The summed E-state index contributed by atoms with van der Waals surface area (Å²) in [5.41, 5.74) is 2.21. The maximum atomic E-state index is 12.2. The number of ether oxygens (including phenoxy) is 4. The highest BCUT2D eigenvalue weighted by Gasteiger charge is 2.12. The highest BCUT2D eigenvalue weighted by molar-refractivity contribution is 5.91. The second-order valence-electron chi connectivity index (χ2n) is 5.46. The first-order valence-corrected chi connectivity index (χ1v) is 7.92. The minimum absolute atomic E-state index is 0.151. The van der Waals surface area contributed by atoms with Crippen molar-refractivity contribution in [2.24, 2.45) is 0 Å². The van der Waals surface area contributed by atoms with Crippen molar-refractivity contribution >= 4 is 18.1 Å². The van der Waals surface area contributed by atoms with Crippen molar-refractivity contribution in [2.45, 2.75) is 13.8 Å². The van der Waals surface area contributed by atoms with Crippen molar-refractivity contribution in [1.29, 1.82) is 0 Å². The van der Waals surface area contributed by atoms with E-state index in [0.717, 1.165) is 17.2 Å². The van der Waals surface area contributed by atoms with Crippen molar-refractivity contribution in [3.05, 3.63) is 71.8 Å². The Kier molecular flexibility index (Phi) is 6.71. The van der Waals surface area contributed by atoms with Gasteiger partial charge in [0.05, 0.1) is 5.56 Å². The normalized spacial score (nSPS) is 9.85. The monoisotopic (exact) mass is 370 g/mol.